The maximum atomic E-state index is 4.73. The minimum absolute atomic E-state index is 0. The van der Waals surface area contributed by atoms with E-state index in [4.69, 9.17) is 4.99 Å². The standard InChI is InChI=1S/C21H26N6.HI/c1-3-20-26-24-16-27(20)14-13-22-21(25-19-7-5-4-6-8-19)23-15-18-11-9-17(2)10-12-18;/h4-12,16H,3,13-15H2,1-2H3,(H2,22,23,25);1H. The van der Waals surface area contributed by atoms with E-state index in [-0.39, 0.29) is 24.0 Å². The van der Waals surface area contributed by atoms with Gasteiger partial charge >= 0.3 is 0 Å². The van der Waals surface area contributed by atoms with Gasteiger partial charge in [-0.1, -0.05) is 55.0 Å². The molecule has 0 spiro atoms. The summed E-state index contributed by atoms with van der Waals surface area (Å²) < 4.78 is 2.06. The van der Waals surface area contributed by atoms with Crippen LogP contribution >= 0.6 is 24.0 Å². The van der Waals surface area contributed by atoms with Gasteiger partial charge in [0.05, 0.1) is 6.54 Å². The van der Waals surface area contributed by atoms with Crippen LogP contribution in [0, 0.1) is 6.92 Å². The lowest BCUT2D eigenvalue weighted by Crippen LogP contribution is -2.33. The van der Waals surface area contributed by atoms with E-state index in [2.05, 4.69) is 63.5 Å². The molecule has 0 radical (unpaired) electrons. The van der Waals surface area contributed by atoms with Gasteiger partial charge in [0.1, 0.15) is 12.2 Å². The molecule has 7 heteroatoms. The minimum Gasteiger partial charge on any atom is -0.354 e. The van der Waals surface area contributed by atoms with E-state index in [0.717, 1.165) is 37.0 Å². The van der Waals surface area contributed by atoms with Gasteiger partial charge in [-0.2, -0.15) is 0 Å². The van der Waals surface area contributed by atoms with Gasteiger partial charge in [0.15, 0.2) is 5.96 Å². The van der Waals surface area contributed by atoms with Gasteiger partial charge in [-0.3, -0.25) is 0 Å². The van der Waals surface area contributed by atoms with Crippen molar-refractivity contribution < 1.29 is 0 Å². The molecule has 0 atom stereocenters. The van der Waals surface area contributed by atoms with Crippen LogP contribution in [0.4, 0.5) is 5.69 Å². The van der Waals surface area contributed by atoms with Crippen molar-refractivity contribution in [1.82, 2.24) is 20.1 Å². The Hall–Kier alpha value is -2.42. The Labute approximate surface area is 183 Å². The first-order valence-electron chi connectivity index (χ1n) is 9.27. The van der Waals surface area contributed by atoms with Crippen LogP contribution in [-0.2, 0) is 19.5 Å². The number of anilines is 1. The predicted octanol–water partition coefficient (Wildman–Crippen LogP) is 4.02. The summed E-state index contributed by atoms with van der Waals surface area (Å²) in [6, 6.07) is 18.5. The molecule has 3 aromatic rings. The topological polar surface area (TPSA) is 67.1 Å². The number of rotatable bonds is 7. The normalized spacial score (nSPS) is 11.0. The molecule has 0 bridgehead atoms. The van der Waals surface area contributed by atoms with Crippen molar-refractivity contribution >= 4 is 35.6 Å². The number of para-hydroxylation sites is 1. The third-order valence-corrected chi connectivity index (χ3v) is 4.23. The number of aryl methyl sites for hydroxylation is 2. The fourth-order valence-corrected chi connectivity index (χ4v) is 2.70. The van der Waals surface area contributed by atoms with Gasteiger partial charge in [-0.15, -0.1) is 34.2 Å². The molecule has 0 aliphatic carbocycles. The lowest BCUT2D eigenvalue weighted by molar-refractivity contribution is 0.639. The molecule has 6 nitrogen and oxygen atoms in total. The Morgan fingerprint density at radius 1 is 1.07 bits per heavy atom. The molecule has 0 saturated heterocycles. The molecule has 3 rings (SSSR count). The lowest BCUT2D eigenvalue weighted by Gasteiger charge is -2.13. The number of nitrogens with one attached hydrogen (secondary N) is 2. The van der Waals surface area contributed by atoms with Crippen molar-refractivity contribution in [3.63, 3.8) is 0 Å². The van der Waals surface area contributed by atoms with Crippen LogP contribution in [0.15, 0.2) is 65.9 Å². The van der Waals surface area contributed by atoms with E-state index in [1.165, 1.54) is 11.1 Å². The molecule has 2 aromatic carbocycles. The summed E-state index contributed by atoms with van der Waals surface area (Å²) in [6.45, 7) is 6.31. The number of aliphatic imine (C=N–C) groups is 1. The number of halogens is 1. The number of nitrogens with zero attached hydrogens (tertiary/aromatic N) is 4. The third kappa shape index (κ3) is 6.63. The summed E-state index contributed by atoms with van der Waals surface area (Å²) in [7, 11) is 0. The van der Waals surface area contributed by atoms with Crippen molar-refractivity contribution in [1.29, 1.82) is 0 Å². The monoisotopic (exact) mass is 490 g/mol. The van der Waals surface area contributed by atoms with Crippen LogP contribution < -0.4 is 10.6 Å². The van der Waals surface area contributed by atoms with Crippen molar-refractivity contribution in [3.8, 4) is 0 Å². The van der Waals surface area contributed by atoms with E-state index in [1.807, 2.05) is 30.3 Å². The molecule has 0 saturated carbocycles. The first kappa shape index (κ1) is 21.9. The fourth-order valence-electron chi connectivity index (χ4n) is 2.70. The third-order valence-electron chi connectivity index (χ3n) is 4.23. The Morgan fingerprint density at radius 2 is 1.82 bits per heavy atom. The fraction of sp³-hybridized carbons (Fsp3) is 0.286. The van der Waals surface area contributed by atoms with E-state index in [9.17, 15) is 0 Å². The number of benzene rings is 2. The van der Waals surface area contributed by atoms with Crippen LogP contribution in [0.3, 0.4) is 0 Å². The average Bonchev–Trinajstić information content (AvgIpc) is 3.15. The summed E-state index contributed by atoms with van der Waals surface area (Å²) in [5.41, 5.74) is 3.44. The maximum absolute atomic E-state index is 4.73. The molecule has 0 fully saturated rings. The maximum Gasteiger partial charge on any atom is 0.196 e. The van der Waals surface area contributed by atoms with Gasteiger partial charge in [-0.05, 0) is 24.6 Å². The van der Waals surface area contributed by atoms with Gasteiger partial charge < -0.3 is 15.2 Å². The molecule has 0 amide bonds. The second-order valence-corrected chi connectivity index (χ2v) is 6.36. The Bertz CT molecular complexity index is 858. The number of aromatic nitrogens is 3. The quantitative estimate of drug-likeness (QED) is 0.298. The summed E-state index contributed by atoms with van der Waals surface area (Å²) in [5.74, 6) is 1.75. The van der Waals surface area contributed by atoms with Crippen LogP contribution in [0.5, 0.6) is 0 Å². The average molecular weight is 490 g/mol. The van der Waals surface area contributed by atoms with Crippen molar-refractivity contribution in [2.24, 2.45) is 4.99 Å². The summed E-state index contributed by atoms with van der Waals surface area (Å²) in [6.07, 6.45) is 2.64. The molecule has 2 N–H and O–H groups in total. The smallest absolute Gasteiger partial charge is 0.196 e. The molecule has 0 aliphatic heterocycles. The van der Waals surface area contributed by atoms with Crippen molar-refractivity contribution in [2.75, 3.05) is 11.9 Å². The highest BCUT2D eigenvalue weighted by Gasteiger charge is 2.03. The van der Waals surface area contributed by atoms with E-state index >= 15 is 0 Å². The number of hydrogen-bond acceptors (Lipinski definition) is 3. The van der Waals surface area contributed by atoms with Crippen LogP contribution in [0.1, 0.15) is 23.9 Å². The zero-order chi connectivity index (χ0) is 18.9. The number of hydrogen-bond donors (Lipinski definition) is 2. The summed E-state index contributed by atoms with van der Waals surface area (Å²) >= 11 is 0. The van der Waals surface area contributed by atoms with Crippen molar-refractivity contribution in [2.45, 2.75) is 33.4 Å². The second-order valence-electron chi connectivity index (χ2n) is 6.36. The lowest BCUT2D eigenvalue weighted by atomic mass is 10.1. The van der Waals surface area contributed by atoms with E-state index < -0.39 is 0 Å². The molecule has 28 heavy (non-hydrogen) atoms. The number of guanidine groups is 1. The van der Waals surface area contributed by atoms with Crippen LogP contribution in [0.25, 0.3) is 0 Å². The summed E-state index contributed by atoms with van der Waals surface area (Å²) in [5, 5.41) is 14.9. The molecular weight excluding hydrogens is 463 g/mol. The highest BCUT2D eigenvalue weighted by molar-refractivity contribution is 14.0. The van der Waals surface area contributed by atoms with Crippen LogP contribution in [-0.4, -0.2) is 27.3 Å². The van der Waals surface area contributed by atoms with Gasteiger partial charge in [0, 0.05) is 25.2 Å². The highest BCUT2D eigenvalue weighted by atomic mass is 127. The Morgan fingerprint density at radius 3 is 2.54 bits per heavy atom. The second kappa shape index (κ2) is 11.4. The molecular formula is C21H27IN6. The van der Waals surface area contributed by atoms with E-state index in [1.54, 1.807) is 6.33 Å². The van der Waals surface area contributed by atoms with Gasteiger partial charge in [0.2, 0.25) is 0 Å². The SMILES string of the molecule is CCc1nncn1CCNC(=NCc1ccc(C)cc1)Nc1ccccc1.I. The zero-order valence-electron chi connectivity index (χ0n) is 16.3. The molecule has 1 aromatic heterocycles. The minimum atomic E-state index is 0. The van der Waals surface area contributed by atoms with Crippen molar-refractivity contribution in [3.05, 3.63) is 77.9 Å². The zero-order valence-corrected chi connectivity index (χ0v) is 18.6. The van der Waals surface area contributed by atoms with Crippen LogP contribution in [0.2, 0.25) is 0 Å². The van der Waals surface area contributed by atoms with E-state index in [0.29, 0.717) is 6.54 Å². The molecule has 0 unspecified atom stereocenters. The Kier molecular flexibility index (Phi) is 8.93. The van der Waals surface area contributed by atoms with Gasteiger partial charge in [-0.25, -0.2) is 4.99 Å². The Balaban J connectivity index is 0.00000280. The van der Waals surface area contributed by atoms with Gasteiger partial charge in [0.25, 0.3) is 0 Å². The molecule has 148 valence electrons. The predicted molar refractivity (Wildman–Crippen MR) is 125 cm³/mol. The first-order chi connectivity index (χ1) is 13.2. The largest absolute Gasteiger partial charge is 0.354 e. The summed E-state index contributed by atoms with van der Waals surface area (Å²) in [4.78, 5) is 4.73. The molecule has 1 heterocycles. The first-order valence-corrected chi connectivity index (χ1v) is 9.27. The highest BCUT2D eigenvalue weighted by Crippen LogP contribution is 2.07. The molecule has 0 aliphatic rings.